The summed E-state index contributed by atoms with van der Waals surface area (Å²) in [5, 5.41) is 0. The van der Waals surface area contributed by atoms with Gasteiger partial charge in [0.1, 0.15) is 0 Å². The van der Waals surface area contributed by atoms with Gasteiger partial charge in [0, 0.05) is 4.47 Å². The van der Waals surface area contributed by atoms with Crippen LogP contribution in [0.5, 0.6) is 0 Å². The van der Waals surface area contributed by atoms with Crippen molar-refractivity contribution in [2.75, 3.05) is 12.9 Å². The van der Waals surface area contributed by atoms with Crippen LogP contribution in [0, 0.1) is 0 Å². The molecule has 0 radical (unpaired) electrons. The average molecular weight is 279 g/mol. The predicted octanol–water partition coefficient (Wildman–Crippen LogP) is 1.97. The van der Waals surface area contributed by atoms with Crippen LogP contribution in [0.1, 0.15) is 5.56 Å². The lowest BCUT2D eigenvalue weighted by atomic mass is 10.2. The summed E-state index contributed by atoms with van der Waals surface area (Å²) in [6, 6.07) is 7.65. The van der Waals surface area contributed by atoms with E-state index < -0.39 is 10.1 Å². The summed E-state index contributed by atoms with van der Waals surface area (Å²) in [5.41, 5.74) is 1.04. The zero-order chi connectivity index (χ0) is 10.6. The van der Waals surface area contributed by atoms with E-state index in [9.17, 15) is 8.42 Å². The number of halogens is 1. The fourth-order valence-electron chi connectivity index (χ4n) is 1.00. The second-order valence-corrected chi connectivity index (χ2v) is 5.37. The Bertz CT molecular complexity index is 400. The molecule has 0 unspecified atom stereocenters. The minimum absolute atomic E-state index is 0.182. The van der Waals surface area contributed by atoms with Crippen LogP contribution in [0.3, 0.4) is 0 Å². The van der Waals surface area contributed by atoms with Gasteiger partial charge in [0.25, 0.3) is 10.1 Å². The summed E-state index contributed by atoms with van der Waals surface area (Å²) in [6.07, 6.45) is 1.63. The zero-order valence-electron chi connectivity index (χ0n) is 7.73. The molecule has 0 N–H and O–H groups in total. The van der Waals surface area contributed by atoms with E-state index >= 15 is 0 Å². The summed E-state index contributed by atoms with van der Waals surface area (Å²) < 4.78 is 27.0. The fourth-order valence-corrected chi connectivity index (χ4v) is 1.87. The molecule has 3 nitrogen and oxygen atoms in total. The van der Waals surface area contributed by atoms with Crippen molar-refractivity contribution in [3.05, 3.63) is 34.3 Å². The Labute approximate surface area is 92.3 Å². The quantitative estimate of drug-likeness (QED) is 0.791. The lowest BCUT2D eigenvalue weighted by Gasteiger charge is -2.03. The van der Waals surface area contributed by atoms with E-state index in [2.05, 4.69) is 20.1 Å². The van der Waals surface area contributed by atoms with Gasteiger partial charge >= 0.3 is 0 Å². The third kappa shape index (κ3) is 4.21. The van der Waals surface area contributed by atoms with Crippen molar-refractivity contribution in [3.8, 4) is 0 Å². The van der Waals surface area contributed by atoms with Gasteiger partial charge in [-0.15, -0.1) is 0 Å². The molecule has 1 aromatic carbocycles. The predicted molar refractivity (Wildman–Crippen MR) is 58.6 cm³/mol. The third-order valence-corrected chi connectivity index (χ3v) is 3.00. The van der Waals surface area contributed by atoms with Crippen LogP contribution >= 0.6 is 15.9 Å². The van der Waals surface area contributed by atoms with Crippen molar-refractivity contribution in [2.45, 2.75) is 6.42 Å². The summed E-state index contributed by atoms with van der Waals surface area (Å²) in [5.74, 6) is 0. The van der Waals surface area contributed by atoms with Crippen LogP contribution < -0.4 is 0 Å². The molecule has 0 saturated carbocycles. The first-order chi connectivity index (χ1) is 6.49. The molecule has 0 saturated heterocycles. The molecule has 0 aliphatic carbocycles. The average Bonchev–Trinajstić information content (AvgIpc) is 2.06. The second kappa shape index (κ2) is 4.91. The van der Waals surface area contributed by atoms with Gasteiger partial charge < -0.3 is 0 Å². The van der Waals surface area contributed by atoms with E-state index in [0.717, 1.165) is 16.3 Å². The Hall–Kier alpha value is -0.390. The van der Waals surface area contributed by atoms with E-state index in [-0.39, 0.29) is 6.61 Å². The van der Waals surface area contributed by atoms with Crippen molar-refractivity contribution < 1.29 is 12.6 Å². The second-order valence-electron chi connectivity index (χ2n) is 2.87. The molecule has 1 aromatic rings. The van der Waals surface area contributed by atoms with Gasteiger partial charge in [-0.2, -0.15) is 8.42 Å². The topological polar surface area (TPSA) is 43.4 Å². The van der Waals surface area contributed by atoms with Crippen molar-refractivity contribution in [2.24, 2.45) is 0 Å². The Kier molecular flexibility index (Phi) is 4.10. The number of hydrogen-bond acceptors (Lipinski definition) is 3. The van der Waals surface area contributed by atoms with Gasteiger partial charge in [-0.05, 0) is 18.1 Å². The Morgan fingerprint density at radius 2 is 2.00 bits per heavy atom. The minimum Gasteiger partial charge on any atom is -0.270 e. The maximum absolute atomic E-state index is 10.7. The van der Waals surface area contributed by atoms with Gasteiger partial charge in [-0.3, -0.25) is 4.18 Å². The van der Waals surface area contributed by atoms with E-state index in [1.807, 2.05) is 24.3 Å². The van der Waals surface area contributed by atoms with Gasteiger partial charge in [0.05, 0.1) is 12.9 Å². The molecule has 0 bridgehead atoms. The molecule has 0 atom stereocenters. The maximum atomic E-state index is 10.7. The van der Waals surface area contributed by atoms with E-state index in [1.165, 1.54) is 0 Å². The first-order valence-corrected chi connectivity index (χ1v) is 6.68. The highest BCUT2D eigenvalue weighted by Crippen LogP contribution is 2.16. The normalized spacial score (nSPS) is 11.6. The summed E-state index contributed by atoms with van der Waals surface area (Å²) >= 11 is 3.37. The largest absolute Gasteiger partial charge is 0.270 e. The molecule has 0 aromatic heterocycles. The molecule has 1 rings (SSSR count). The van der Waals surface area contributed by atoms with Gasteiger partial charge in [0.15, 0.2) is 0 Å². The highest BCUT2D eigenvalue weighted by molar-refractivity contribution is 9.10. The van der Waals surface area contributed by atoms with Crippen LogP contribution in [0.15, 0.2) is 28.7 Å². The first-order valence-electron chi connectivity index (χ1n) is 4.07. The van der Waals surface area contributed by atoms with Gasteiger partial charge in [-0.25, -0.2) is 0 Å². The minimum atomic E-state index is -3.32. The van der Waals surface area contributed by atoms with Crippen molar-refractivity contribution >= 4 is 26.0 Å². The van der Waals surface area contributed by atoms with Crippen LogP contribution in [0.25, 0.3) is 0 Å². The smallest absolute Gasteiger partial charge is 0.264 e. The van der Waals surface area contributed by atoms with Crippen LogP contribution in [0.2, 0.25) is 0 Å². The molecule has 0 amide bonds. The molecule has 0 heterocycles. The summed E-state index contributed by atoms with van der Waals surface area (Å²) in [7, 11) is -3.32. The highest BCUT2D eigenvalue weighted by atomic mass is 79.9. The monoisotopic (exact) mass is 278 g/mol. The maximum Gasteiger partial charge on any atom is 0.264 e. The lowest BCUT2D eigenvalue weighted by molar-refractivity contribution is 0.325. The Morgan fingerprint density at radius 1 is 1.36 bits per heavy atom. The molecular weight excluding hydrogens is 268 g/mol. The zero-order valence-corrected chi connectivity index (χ0v) is 10.1. The molecule has 0 aliphatic heterocycles. The molecule has 0 spiro atoms. The summed E-state index contributed by atoms with van der Waals surface area (Å²) in [4.78, 5) is 0. The van der Waals surface area contributed by atoms with Crippen molar-refractivity contribution in [1.82, 2.24) is 0 Å². The standard InChI is InChI=1S/C9H11BrO3S/c1-14(11,12)13-7-6-8-4-2-3-5-9(8)10/h2-5H,6-7H2,1H3. The SMILES string of the molecule is CS(=O)(=O)OCCc1ccccc1Br. The first kappa shape index (κ1) is 11.7. The van der Waals surface area contributed by atoms with E-state index in [1.54, 1.807) is 0 Å². The third-order valence-electron chi connectivity index (χ3n) is 1.63. The highest BCUT2D eigenvalue weighted by Gasteiger charge is 2.03. The lowest BCUT2D eigenvalue weighted by Crippen LogP contribution is -2.06. The molecule has 14 heavy (non-hydrogen) atoms. The van der Waals surface area contributed by atoms with E-state index in [0.29, 0.717) is 6.42 Å². The van der Waals surface area contributed by atoms with Crippen LogP contribution in [0.4, 0.5) is 0 Å². The fraction of sp³-hybridized carbons (Fsp3) is 0.333. The molecule has 5 heteroatoms. The number of hydrogen-bond donors (Lipinski definition) is 0. The van der Waals surface area contributed by atoms with Crippen molar-refractivity contribution in [3.63, 3.8) is 0 Å². The summed E-state index contributed by atoms with van der Waals surface area (Å²) in [6.45, 7) is 0.182. The van der Waals surface area contributed by atoms with Crippen molar-refractivity contribution in [1.29, 1.82) is 0 Å². The number of benzene rings is 1. The van der Waals surface area contributed by atoms with Gasteiger partial charge in [-0.1, -0.05) is 34.1 Å². The molecular formula is C9H11BrO3S. The Morgan fingerprint density at radius 3 is 2.57 bits per heavy atom. The van der Waals surface area contributed by atoms with Gasteiger partial charge in [0.2, 0.25) is 0 Å². The Balaban J connectivity index is 2.51. The van der Waals surface area contributed by atoms with Crippen LogP contribution in [-0.2, 0) is 20.7 Å². The number of rotatable bonds is 4. The molecule has 0 aliphatic rings. The van der Waals surface area contributed by atoms with E-state index in [4.69, 9.17) is 0 Å². The molecule has 78 valence electrons. The van der Waals surface area contributed by atoms with Crippen LogP contribution in [-0.4, -0.2) is 21.3 Å². The molecule has 0 fully saturated rings.